The van der Waals surface area contributed by atoms with Gasteiger partial charge in [0.15, 0.2) is 0 Å². The number of amides is 1. The van der Waals surface area contributed by atoms with Gasteiger partial charge in [-0.3, -0.25) is 4.79 Å². The average Bonchev–Trinajstić information content (AvgIpc) is 3.12. The van der Waals surface area contributed by atoms with E-state index in [1.807, 2.05) is 47.4 Å². The minimum atomic E-state index is 0.0783. The van der Waals surface area contributed by atoms with Gasteiger partial charge in [-0.25, -0.2) is 4.52 Å². The maximum Gasteiger partial charge on any atom is 0.257 e. The van der Waals surface area contributed by atoms with Crippen LogP contribution in [0.4, 0.5) is 5.82 Å². The highest BCUT2D eigenvalue weighted by atomic mass is 35.5. The number of hydrogen-bond donors (Lipinski definition) is 1. The van der Waals surface area contributed by atoms with Crippen molar-refractivity contribution in [3.63, 3.8) is 0 Å². The molecule has 1 saturated heterocycles. The van der Waals surface area contributed by atoms with E-state index < -0.39 is 0 Å². The maximum absolute atomic E-state index is 12.8. The van der Waals surface area contributed by atoms with Crippen molar-refractivity contribution >= 4 is 28.8 Å². The van der Waals surface area contributed by atoms with Gasteiger partial charge in [-0.2, -0.15) is 5.10 Å². The van der Waals surface area contributed by atoms with Crippen LogP contribution in [0.2, 0.25) is 5.02 Å². The fourth-order valence-corrected chi connectivity index (χ4v) is 3.50. The molecule has 1 aliphatic heterocycles. The molecular weight excluding hydrogens is 348 g/mol. The van der Waals surface area contributed by atoms with Crippen LogP contribution in [0.3, 0.4) is 0 Å². The van der Waals surface area contributed by atoms with Crippen molar-refractivity contribution in [3.05, 3.63) is 64.8 Å². The third-order valence-corrected chi connectivity index (χ3v) is 5.06. The zero-order valence-corrected chi connectivity index (χ0v) is 15.2. The van der Waals surface area contributed by atoms with Crippen molar-refractivity contribution in [3.8, 4) is 0 Å². The van der Waals surface area contributed by atoms with Gasteiger partial charge in [0.2, 0.25) is 0 Å². The van der Waals surface area contributed by atoms with E-state index >= 15 is 0 Å². The van der Waals surface area contributed by atoms with Crippen LogP contribution in [-0.2, 0) is 6.54 Å². The number of hydrogen-bond acceptors (Lipinski definition) is 3. The minimum absolute atomic E-state index is 0.0783. The molecule has 0 radical (unpaired) electrons. The quantitative estimate of drug-likeness (QED) is 0.749. The van der Waals surface area contributed by atoms with E-state index in [2.05, 4.69) is 10.4 Å². The molecule has 5 nitrogen and oxygen atoms in total. The summed E-state index contributed by atoms with van der Waals surface area (Å²) < 4.78 is 1.80. The lowest BCUT2D eigenvalue weighted by atomic mass is 10.1. The molecule has 134 valence electrons. The van der Waals surface area contributed by atoms with Gasteiger partial charge in [-0.05, 0) is 49.1 Å². The van der Waals surface area contributed by atoms with Gasteiger partial charge in [0.1, 0.15) is 5.82 Å². The first-order valence-electron chi connectivity index (χ1n) is 8.97. The summed E-state index contributed by atoms with van der Waals surface area (Å²) in [7, 11) is 0. The molecule has 26 heavy (non-hydrogen) atoms. The molecule has 3 heterocycles. The molecule has 0 bridgehead atoms. The first kappa shape index (κ1) is 16.9. The molecule has 0 aliphatic carbocycles. The molecule has 1 fully saturated rings. The zero-order valence-electron chi connectivity index (χ0n) is 14.5. The number of carbonyl (C=O) groups excluding carboxylic acids is 1. The number of nitrogens with one attached hydrogen (secondary N) is 1. The second-order valence-electron chi connectivity index (χ2n) is 6.60. The summed E-state index contributed by atoms with van der Waals surface area (Å²) in [5.74, 6) is 0.935. The monoisotopic (exact) mass is 368 g/mol. The first-order chi connectivity index (χ1) is 12.7. The Kier molecular flexibility index (Phi) is 4.80. The summed E-state index contributed by atoms with van der Waals surface area (Å²) >= 11 is 5.93. The van der Waals surface area contributed by atoms with E-state index in [1.54, 1.807) is 10.7 Å². The summed E-state index contributed by atoms with van der Waals surface area (Å²) in [4.78, 5) is 14.8. The Bertz CT molecular complexity index is 913. The lowest BCUT2D eigenvalue weighted by Crippen LogP contribution is -2.35. The number of rotatable bonds is 4. The smallest absolute Gasteiger partial charge is 0.257 e. The van der Waals surface area contributed by atoms with E-state index in [9.17, 15) is 4.79 Å². The molecule has 0 spiro atoms. The van der Waals surface area contributed by atoms with Crippen molar-refractivity contribution in [2.24, 2.45) is 0 Å². The fraction of sp³-hybridized carbons (Fsp3) is 0.300. The molecule has 1 aromatic carbocycles. The van der Waals surface area contributed by atoms with Crippen molar-refractivity contribution in [2.75, 3.05) is 18.4 Å². The first-order valence-corrected chi connectivity index (χ1v) is 9.34. The lowest BCUT2D eigenvalue weighted by Gasteiger charge is -2.26. The van der Waals surface area contributed by atoms with Crippen LogP contribution < -0.4 is 5.32 Å². The van der Waals surface area contributed by atoms with Gasteiger partial charge in [0.25, 0.3) is 5.91 Å². The number of aromatic nitrogens is 2. The van der Waals surface area contributed by atoms with Crippen molar-refractivity contribution in [1.29, 1.82) is 0 Å². The fourth-order valence-electron chi connectivity index (χ4n) is 3.37. The Morgan fingerprint density at radius 2 is 1.85 bits per heavy atom. The highest BCUT2D eigenvalue weighted by Gasteiger charge is 2.21. The van der Waals surface area contributed by atoms with Crippen LogP contribution in [-0.4, -0.2) is 33.5 Å². The number of nitrogens with zero attached hydrogens (tertiary/aromatic N) is 3. The summed E-state index contributed by atoms with van der Waals surface area (Å²) in [6.07, 6.45) is 5.05. The van der Waals surface area contributed by atoms with E-state index in [1.165, 1.54) is 6.42 Å². The summed E-state index contributed by atoms with van der Waals surface area (Å²) in [5, 5.41) is 8.56. The van der Waals surface area contributed by atoms with Gasteiger partial charge in [0.05, 0.1) is 17.3 Å². The Labute approximate surface area is 157 Å². The Morgan fingerprint density at radius 1 is 1.08 bits per heavy atom. The number of anilines is 1. The molecule has 6 heteroatoms. The van der Waals surface area contributed by atoms with Crippen molar-refractivity contribution in [2.45, 2.75) is 25.8 Å². The predicted octanol–water partition coefficient (Wildman–Crippen LogP) is 4.23. The number of halogens is 1. The summed E-state index contributed by atoms with van der Waals surface area (Å²) in [6, 6.07) is 13.6. The average molecular weight is 369 g/mol. The van der Waals surface area contributed by atoms with E-state index in [-0.39, 0.29) is 5.91 Å². The van der Waals surface area contributed by atoms with Gasteiger partial charge >= 0.3 is 0 Å². The number of carbonyl (C=O) groups is 1. The van der Waals surface area contributed by atoms with Crippen LogP contribution in [0, 0.1) is 0 Å². The van der Waals surface area contributed by atoms with E-state index in [0.717, 1.165) is 47.9 Å². The zero-order chi connectivity index (χ0) is 17.9. The molecule has 1 amide bonds. The van der Waals surface area contributed by atoms with Gasteiger partial charge in [-0.15, -0.1) is 0 Å². The largest absolute Gasteiger partial charge is 0.366 e. The SMILES string of the molecule is O=C(c1cnn2c(NCc3ccc(Cl)cc3)cccc12)N1CCCCC1. The van der Waals surface area contributed by atoms with Crippen LogP contribution >= 0.6 is 11.6 Å². The topological polar surface area (TPSA) is 49.6 Å². The van der Waals surface area contributed by atoms with Crippen molar-refractivity contribution in [1.82, 2.24) is 14.5 Å². The molecular formula is C20H21ClN4O. The van der Waals surface area contributed by atoms with Crippen LogP contribution in [0.15, 0.2) is 48.7 Å². The molecule has 0 saturated carbocycles. The third-order valence-electron chi connectivity index (χ3n) is 4.80. The Balaban J connectivity index is 1.56. The molecule has 0 atom stereocenters. The molecule has 1 aliphatic rings. The van der Waals surface area contributed by atoms with E-state index in [4.69, 9.17) is 11.6 Å². The number of piperidine rings is 1. The van der Waals surface area contributed by atoms with Crippen LogP contribution in [0.25, 0.3) is 5.52 Å². The number of fused-ring (bicyclic) bond motifs is 1. The molecule has 3 aromatic rings. The Hall–Kier alpha value is -2.53. The number of pyridine rings is 1. The maximum atomic E-state index is 12.8. The van der Waals surface area contributed by atoms with Crippen LogP contribution in [0.1, 0.15) is 35.2 Å². The molecule has 0 unspecified atom stereocenters. The van der Waals surface area contributed by atoms with Gasteiger partial charge in [-0.1, -0.05) is 29.8 Å². The lowest BCUT2D eigenvalue weighted by molar-refractivity contribution is 0.0726. The normalized spacial score (nSPS) is 14.6. The second kappa shape index (κ2) is 7.38. The standard InChI is InChI=1S/C20H21ClN4O/c21-16-9-7-15(8-10-16)13-22-19-6-4-5-18-17(14-23-25(18)19)20(26)24-11-2-1-3-12-24/h4-10,14,22H,1-3,11-13H2. The highest BCUT2D eigenvalue weighted by molar-refractivity contribution is 6.30. The van der Waals surface area contributed by atoms with Gasteiger partial charge in [0, 0.05) is 24.7 Å². The van der Waals surface area contributed by atoms with Gasteiger partial charge < -0.3 is 10.2 Å². The van der Waals surface area contributed by atoms with Crippen LogP contribution in [0.5, 0.6) is 0 Å². The predicted molar refractivity (Wildman–Crippen MR) is 104 cm³/mol. The molecule has 2 aromatic heterocycles. The molecule has 4 rings (SSSR count). The Morgan fingerprint density at radius 3 is 2.62 bits per heavy atom. The minimum Gasteiger partial charge on any atom is -0.366 e. The summed E-state index contributed by atoms with van der Waals surface area (Å²) in [6.45, 7) is 2.33. The number of benzene rings is 1. The summed E-state index contributed by atoms with van der Waals surface area (Å²) in [5.41, 5.74) is 2.63. The van der Waals surface area contributed by atoms with Crippen molar-refractivity contribution < 1.29 is 4.79 Å². The highest BCUT2D eigenvalue weighted by Crippen LogP contribution is 2.20. The second-order valence-corrected chi connectivity index (χ2v) is 7.04. The number of likely N-dealkylation sites (tertiary alicyclic amines) is 1. The van der Waals surface area contributed by atoms with E-state index in [0.29, 0.717) is 12.1 Å². The third kappa shape index (κ3) is 3.40. The molecule has 1 N–H and O–H groups in total.